The summed E-state index contributed by atoms with van der Waals surface area (Å²) in [5.41, 5.74) is 0. The van der Waals surface area contributed by atoms with Crippen LogP contribution < -0.4 is 26.6 Å². The van der Waals surface area contributed by atoms with Gasteiger partial charge in [-0.25, -0.2) is 4.79 Å². The number of hydrogen-bond acceptors (Lipinski definition) is 6. The monoisotopic (exact) mass is 357 g/mol. The first kappa shape index (κ1) is 20.4. The smallest absolute Gasteiger partial charge is 0.317 e. The van der Waals surface area contributed by atoms with E-state index in [-0.39, 0.29) is 31.1 Å². The van der Waals surface area contributed by atoms with Gasteiger partial charge in [-0.2, -0.15) is 0 Å². The standard InChI is InChI=1S/C17H35N5O3/c1-12-11-15(18-9-3-4-10-23)21-16(19-12)22-17(24)20-13-5-7-14(25-2)8-6-13/h12-16,18-19,21,23H,3-11H2,1-2H3,(H2,20,22,24). The molecule has 0 aromatic rings. The second-order valence-electron chi connectivity index (χ2n) is 7.17. The molecule has 3 unspecified atom stereocenters. The van der Waals surface area contributed by atoms with Crippen LogP contribution in [-0.4, -0.2) is 62.0 Å². The van der Waals surface area contributed by atoms with E-state index < -0.39 is 0 Å². The number of urea groups is 1. The summed E-state index contributed by atoms with van der Waals surface area (Å²) in [6.45, 7) is 3.20. The van der Waals surface area contributed by atoms with Gasteiger partial charge in [-0.05, 0) is 58.4 Å². The SMILES string of the molecule is COC1CCC(NC(=O)NC2NC(C)CC(NCCCCO)N2)CC1. The summed E-state index contributed by atoms with van der Waals surface area (Å²) in [5.74, 6) is 0. The lowest BCUT2D eigenvalue weighted by Crippen LogP contribution is -2.68. The number of methoxy groups -OCH3 is 1. The van der Waals surface area contributed by atoms with Crippen molar-refractivity contribution in [2.75, 3.05) is 20.3 Å². The number of amides is 2. The van der Waals surface area contributed by atoms with E-state index in [1.807, 2.05) is 0 Å². The van der Waals surface area contributed by atoms with Gasteiger partial charge >= 0.3 is 6.03 Å². The number of nitrogens with one attached hydrogen (secondary N) is 5. The summed E-state index contributed by atoms with van der Waals surface area (Å²) in [6.07, 6.45) is 6.85. The highest BCUT2D eigenvalue weighted by molar-refractivity contribution is 5.74. The molecule has 0 radical (unpaired) electrons. The summed E-state index contributed by atoms with van der Waals surface area (Å²) in [6, 6.07) is 0.387. The third-order valence-corrected chi connectivity index (χ3v) is 5.00. The molecule has 8 nitrogen and oxygen atoms in total. The van der Waals surface area contributed by atoms with Crippen LogP contribution in [0.5, 0.6) is 0 Å². The zero-order valence-corrected chi connectivity index (χ0v) is 15.5. The highest BCUT2D eigenvalue weighted by atomic mass is 16.5. The highest BCUT2D eigenvalue weighted by Gasteiger charge is 2.27. The number of aliphatic hydroxyl groups is 1. The van der Waals surface area contributed by atoms with Gasteiger partial charge in [0.05, 0.1) is 12.3 Å². The molecule has 146 valence electrons. The molecule has 3 atom stereocenters. The molecule has 0 spiro atoms. The molecule has 1 heterocycles. The van der Waals surface area contributed by atoms with Crippen LogP contribution in [0.4, 0.5) is 4.79 Å². The lowest BCUT2D eigenvalue weighted by molar-refractivity contribution is 0.0633. The Balaban J connectivity index is 1.68. The Morgan fingerprint density at radius 3 is 2.60 bits per heavy atom. The predicted octanol–water partition coefficient (Wildman–Crippen LogP) is 0.186. The topological polar surface area (TPSA) is 107 Å². The average Bonchev–Trinajstić information content (AvgIpc) is 2.59. The van der Waals surface area contributed by atoms with Gasteiger partial charge in [-0.1, -0.05) is 0 Å². The fraction of sp³-hybridized carbons (Fsp3) is 0.941. The average molecular weight is 357 g/mol. The minimum absolute atomic E-state index is 0.140. The van der Waals surface area contributed by atoms with Crippen LogP contribution in [0.25, 0.3) is 0 Å². The maximum Gasteiger partial charge on any atom is 0.317 e. The van der Waals surface area contributed by atoms with Crippen LogP contribution in [0.3, 0.4) is 0 Å². The number of rotatable bonds is 8. The Bertz CT molecular complexity index is 390. The van der Waals surface area contributed by atoms with Gasteiger partial charge < -0.3 is 25.8 Å². The zero-order valence-electron chi connectivity index (χ0n) is 15.5. The normalized spacial score (nSPS) is 33.0. The molecule has 1 aliphatic carbocycles. The molecule has 1 saturated heterocycles. The van der Waals surface area contributed by atoms with Gasteiger partial charge in [-0.3, -0.25) is 10.6 Å². The number of hydrogen-bond donors (Lipinski definition) is 6. The van der Waals surface area contributed by atoms with Crippen molar-refractivity contribution >= 4 is 6.03 Å². The summed E-state index contributed by atoms with van der Waals surface area (Å²) >= 11 is 0. The molecular weight excluding hydrogens is 322 g/mol. The van der Waals surface area contributed by atoms with Gasteiger partial charge in [0.15, 0.2) is 0 Å². The van der Waals surface area contributed by atoms with Crippen LogP contribution >= 0.6 is 0 Å². The van der Waals surface area contributed by atoms with Gasteiger partial charge in [0.2, 0.25) is 0 Å². The van der Waals surface area contributed by atoms with Crippen molar-refractivity contribution in [3.63, 3.8) is 0 Å². The summed E-state index contributed by atoms with van der Waals surface area (Å²) in [4.78, 5) is 12.3. The highest BCUT2D eigenvalue weighted by Crippen LogP contribution is 2.20. The zero-order chi connectivity index (χ0) is 18.1. The van der Waals surface area contributed by atoms with Gasteiger partial charge in [0.25, 0.3) is 0 Å². The minimum atomic E-state index is -0.255. The number of unbranched alkanes of at least 4 members (excludes halogenated alkanes) is 1. The first-order chi connectivity index (χ1) is 12.1. The lowest BCUT2D eigenvalue weighted by atomic mass is 9.93. The van der Waals surface area contributed by atoms with Gasteiger partial charge in [0, 0.05) is 25.8 Å². The molecule has 2 aliphatic rings. The van der Waals surface area contributed by atoms with Crippen molar-refractivity contribution in [1.82, 2.24) is 26.6 Å². The molecule has 1 saturated carbocycles. The minimum Gasteiger partial charge on any atom is -0.396 e. The maximum absolute atomic E-state index is 12.3. The molecule has 25 heavy (non-hydrogen) atoms. The van der Waals surface area contributed by atoms with Crippen LogP contribution in [0, 0.1) is 0 Å². The molecule has 0 bridgehead atoms. The molecule has 8 heteroatoms. The van der Waals surface area contributed by atoms with E-state index >= 15 is 0 Å². The third kappa shape index (κ3) is 7.45. The number of carbonyl (C=O) groups excluding carboxylic acids is 1. The molecule has 1 aliphatic heterocycles. The van der Waals surface area contributed by atoms with Crippen molar-refractivity contribution in [3.8, 4) is 0 Å². The van der Waals surface area contributed by atoms with Crippen molar-refractivity contribution in [2.45, 2.75) is 82.5 Å². The molecule has 0 aromatic heterocycles. The molecule has 2 rings (SSSR count). The Morgan fingerprint density at radius 1 is 1.16 bits per heavy atom. The van der Waals surface area contributed by atoms with E-state index in [1.165, 1.54) is 0 Å². The first-order valence-electron chi connectivity index (χ1n) is 9.57. The maximum atomic E-state index is 12.3. The largest absolute Gasteiger partial charge is 0.396 e. The Hall–Kier alpha value is -0.930. The van der Waals surface area contributed by atoms with Crippen molar-refractivity contribution < 1.29 is 14.6 Å². The second kappa shape index (κ2) is 10.9. The molecule has 6 N–H and O–H groups in total. The molecule has 2 fully saturated rings. The Morgan fingerprint density at radius 2 is 1.92 bits per heavy atom. The van der Waals surface area contributed by atoms with E-state index in [0.717, 1.165) is 51.5 Å². The number of aliphatic hydroxyl groups excluding tert-OH is 1. The van der Waals surface area contributed by atoms with Crippen LogP contribution in [0.1, 0.15) is 51.9 Å². The van der Waals surface area contributed by atoms with E-state index in [2.05, 4.69) is 33.5 Å². The lowest BCUT2D eigenvalue weighted by Gasteiger charge is -2.37. The van der Waals surface area contributed by atoms with Crippen molar-refractivity contribution in [2.24, 2.45) is 0 Å². The fourth-order valence-corrected chi connectivity index (χ4v) is 3.56. The Kier molecular flexibility index (Phi) is 8.91. The van der Waals surface area contributed by atoms with E-state index in [1.54, 1.807) is 7.11 Å². The first-order valence-corrected chi connectivity index (χ1v) is 9.57. The summed E-state index contributed by atoms with van der Waals surface area (Å²) in [5, 5.41) is 25.0. The van der Waals surface area contributed by atoms with E-state index in [4.69, 9.17) is 9.84 Å². The second-order valence-corrected chi connectivity index (χ2v) is 7.17. The summed E-state index contributed by atoms with van der Waals surface area (Å²) < 4.78 is 5.37. The summed E-state index contributed by atoms with van der Waals surface area (Å²) in [7, 11) is 1.75. The number of ether oxygens (including phenoxy) is 1. The molecule has 2 amide bonds. The van der Waals surface area contributed by atoms with E-state index in [9.17, 15) is 4.79 Å². The van der Waals surface area contributed by atoms with Crippen molar-refractivity contribution in [1.29, 1.82) is 0 Å². The van der Waals surface area contributed by atoms with Gasteiger partial charge in [-0.15, -0.1) is 0 Å². The molecular formula is C17H35N5O3. The van der Waals surface area contributed by atoms with E-state index in [0.29, 0.717) is 12.1 Å². The predicted molar refractivity (Wildman–Crippen MR) is 97.0 cm³/mol. The third-order valence-electron chi connectivity index (χ3n) is 5.00. The fourth-order valence-electron chi connectivity index (χ4n) is 3.56. The van der Waals surface area contributed by atoms with Crippen LogP contribution in [0.2, 0.25) is 0 Å². The Labute approximate surface area is 150 Å². The quantitative estimate of drug-likeness (QED) is 0.346. The van der Waals surface area contributed by atoms with Crippen LogP contribution in [-0.2, 0) is 4.74 Å². The van der Waals surface area contributed by atoms with Crippen LogP contribution in [0.15, 0.2) is 0 Å². The number of carbonyl (C=O) groups is 1. The van der Waals surface area contributed by atoms with Gasteiger partial charge in [0.1, 0.15) is 6.29 Å². The molecule has 0 aromatic carbocycles. The van der Waals surface area contributed by atoms with Crippen molar-refractivity contribution in [3.05, 3.63) is 0 Å².